The molecule has 3 aromatic rings. The van der Waals surface area contributed by atoms with Gasteiger partial charge in [0.05, 0.1) is 17.4 Å². The third-order valence-corrected chi connectivity index (χ3v) is 2.89. The Morgan fingerprint density at radius 2 is 1.95 bits per heavy atom. The lowest BCUT2D eigenvalue weighted by molar-refractivity contribution is -0.118. The lowest BCUT2D eigenvalue weighted by Gasteiger charge is -2.00. The highest BCUT2D eigenvalue weighted by molar-refractivity contribution is 5.78. The van der Waals surface area contributed by atoms with Crippen molar-refractivity contribution >= 4 is 16.8 Å². The predicted octanol–water partition coefficient (Wildman–Crippen LogP) is 2.48. The molecule has 21 heavy (non-hydrogen) atoms. The molecule has 5 nitrogen and oxygen atoms in total. The van der Waals surface area contributed by atoms with Crippen LogP contribution in [0, 0.1) is 6.92 Å². The second-order valence-corrected chi connectivity index (χ2v) is 4.66. The van der Waals surface area contributed by atoms with Gasteiger partial charge in [0.15, 0.2) is 0 Å². The third-order valence-electron chi connectivity index (χ3n) is 2.89. The van der Waals surface area contributed by atoms with Crippen molar-refractivity contribution in [3.8, 4) is 5.69 Å². The van der Waals surface area contributed by atoms with E-state index in [2.05, 4.69) is 27.5 Å². The van der Waals surface area contributed by atoms with E-state index >= 15 is 0 Å². The molecular formula is C16H18N4O. The van der Waals surface area contributed by atoms with Crippen LogP contribution in [-0.4, -0.2) is 27.7 Å². The summed E-state index contributed by atoms with van der Waals surface area (Å²) >= 11 is 0. The minimum atomic E-state index is 0.00463. The fourth-order valence-electron chi connectivity index (χ4n) is 1.76. The number of fused-ring (bicyclic) bond motifs is 1. The first-order valence-corrected chi connectivity index (χ1v) is 6.65. The van der Waals surface area contributed by atoms with Crippen molar-refractivity contribution in [1.82, 2.24) is 20.1 Å². The molecule has 0 saturated heterocycles. The van der Waals surface area contributed by atoms with Crippen molar-refractivity contribution in [2.45, 2.75) is 13.8 Å². The maximum absolute atomic E-state index is 9.70. The van der Waals surface area contributed by atoms with Crippen LogP contribution in [0.4, 0.5) is 0 Å². The molecule has 0 atom stereocenters. The summed E-state index contributed by atoms with van der Waals surface area (Å²) in [4.78, 5) is 13.9. The maximum Gasteiger partial charge on any atom is 0.216 e. The predicted molar refractivity (Wildman–Crippen MR) is 83.3 cm³/mol. The van der Waals surface area contributed by atoms with Crippen molar-refractivity contribution in [3.05, 3.63) is 54.5 Å². The molecule has 1 N–H and O–H groups in total. The van der Waals surface area contributed by atoms with Crippen LogP contribution in [0.2, 0.25) is 0 Å². The minimum Gasteiger partial charge on any atom is -0.359 e. The molecule has 108 valence electrons. The highest BCUT2D eigenvalue weighted by atomic mass is 16.1. The van der Waals surface area contributed by atoms with Gasteiger partial charge in [-0.1, -0.05) is 18.2 Å². The standard InChI is InChI=1S/C13H11N3.C3H7NO/c1-10-6-12(8-14-7-10)16-9-11-4-2-3-5-13(11)15-16;1-3(5)4-2/h2-9H,1H3;1-2H3,(H,4,5). The Morgan fingerprint density at radius 1 is 1.24 bits per heavy atom. The number of hydrogen-bond donors (Lipinski definition) is 1. The van der Waals surface area contributed by atoms with E-state index in [1.54, 1.807) is 7.05 Å². The first-order chi connectivity index (χ1) is 10.1. The summed E-state index contributed by atoms with van der Waals surface area (Å²) in [6.07, 6.45) is 5.68. The van der Waals surface area contributed by atoms with E-state index in [1.807, 2.05) is 48.4 Å². The van der Waals surface area contributed by atoms with Gasteiger partial charge in [0.2, 0.25) is 5.91 Å². The average molecular weight is 282 g/mol. The largest absolute Gasteiger partial charge is 0.359 e. The smallest absolute Gasteiger partial charge is 0.216 e. The maximum atomic E-state index is 9.70. The molecule has 0 bridgehead atoms. The molecule has 0 saturated carbocycles. The van der Waals surface area contributed by atoms with E-state index in [1.165, 1.54) is 6.92 Å². The van der Waals surface area contributed by atoms with E-state index in [0.717, 1.165) is 22.2 Å². The molecule has 0 unspecified atom stereocenters. The monoisotopic (exact) mass is 282 g/mol. The summed E-state index contributed by atoms with van der Waals surface area (Å²) in [7, 11) is 1.60. The topological polar surface area (TPSA) is 59.8 Å². The van der Waals surface area contributed by atoms with Gasteiger partial charge < -0.3 is 5.32 Å². The van der Waals surface area contributed by atoms with Gasteiger partial charge in [0, 0.05) is 31.8 Å². The van der Waals surface area contributed by atoms with Crippen molar-refractivity contribution in [2.24, 2.45) is 0 Å². The zero-order valence-electron chi connectivity index (χ0n) is 12.4. The molecule has 2 heterocycles. The average Bonchev–Trinajstić information content (AvgIpc) is 2.92. The Labute approximate surface area is 123 Å². The highest BCUT2D eigenvalue weighted by Crippen LogP contribution is 2.15. The molecule has 0 fully saturated rings. The number of aromatic nitrogens is 3. The van der Waals surface area contributed by atoms with Crippen LogP contribution < -0.4 is 5.32 Å². The van der Waals surface area contributed by atoms with Gasteiger partial charge in [-0.15, -0.1) is 0 Å². The second kappa shape index (κ2) is 6.65. The molecule has 1 aromatic carbocycles. The number of nitrogens with zero attached hydrogens (tertiary/aromatic N) is 3. The van der Waals surface area contributed by atoms with Crippen molar-refractivity contribution < 1.29 is 4.79 Å². The summed E-state index contributed by atoms with van der Waals surface area (Å²) in [6.45, 7) is 3.50. The third kappa shape index (κ3) is 3.89. The molecule has 0 aliphatic heterocycles. The van der Waals surface area contributed by atoms with E-state index in [0.29, 0.717) is 0 Å². The zero-order chi connectivity index (χ0) is 15.2. The quantitative estimate of drug-likeness (QED) is 0.746. The minimum absolute atomic E-state index is 0.00463. The Kier molecular flexibility index (Phi) is 4.66. The van der Waals surface area contributed by atoms with Crippen LogP contribution in [0.15, 0.2) is 48.9 Å². The molecule has 5 heteroatoms. The van der Waals surface area contributed by atoms with E-state index < -0.39 is 0 Å². The van der Waals surface area contributed by atoms with Gasteiger partial charge in [-0.3, -0.25) is 9.78 Å². The summed E-state index contributed by atoms with van der Waals surface area (Å²) in [6, 6.07) is 10.1. The number of nitrogens with one attached hydrogen (secondary N) is 1. The summed E-state index contributed by atoms with van der Waals surface area (Å²) in [5.74, 6) is 0.00463. The van der Waals surface area contributed by atoms with E-state index in [4.69, 9.17) is 0 Å². The summed E-state index contributed by atoms with van der Waals surface area (Å²) < 4.78 is 1.87. The number of aryl methyl sites for hydroxylation is 1. The van der Waals surface area contributed by atoms with Crippen molar-refractivity contribution in [2.75, 3.05) is 7.05 Å². The van der Waals surface area contributed by atoms with Crippen LogP contribution in [0.1, 0.15) is 12.5 Å². The number of pyridine rings is 1. The Balaban J connectivity index is 0.000000282. The van der Waals surface area contributed by atoms with E-state index in [9.17, 15) is 4.79 Å². The van der Waals surface area contributed by atoms with Gasteiger partial charge in [-0.2, -0.15) is 5.10 Å². The molecule has 0 aliphatic carbocycles. The molecule has 1 amide bonds. The summed E-state index contributed by atoms with van der Waals surface area (Å²) in [5, 5.41) is 8.03. The Bertz CT molecular complexity index is 716. The van der Waals surface area contributed by atoms with Crippen LogP contribution >= 0.6 is 0 Å². The number of benzene rings is 1. The van der Waals surface area contributed by atoms with Gasteiger partial charge in [-0.05, 0) is 24.6 Å². The van der Waals surface area contributed by atoms with Crippen LogP contribution in [0.3, 0.4) is 0 Å². The first kappa shape index (κ1) is 14.7. The SMILES string of the molecule is CNC(C)=O.Cc1cncc(-n2cc3ccccc3n2)c1. The van der Waals surface area contributed by atoms with Crippen molar-refractivity contribution in [1.29, 1.82) is 0 Å². The Morgan fingerprint density at radius 3 is 2.57 bits per heavy atom. The fraction of sp³-hybridized carbons (Fsp3) is 0.188. The number of carbonyl (C=O) groups is 1. The fourth-order valence-corrected chi connectivity index (χ4v) is 1.76. The molecule has 0 spiro atoms. The molecule has 2 aromatic heterocycles. The number of amides is 1. The van der Waals surface area contributed by atoms with Gasteiger partial charge in [-0.25, -0.2) is 4.68 Å². The second-order valence-electron chi connectivity index (χ2n) is 4.66. The van der Waals surface area contributed by atoms with Gasteiger partial charge in [0.1, 0.15) is 0 Å². The highest BCUT2D eigenvalue weighted by Gasteiger charge is 2.01. The number of carbonyl (C=O) groups excluding carboxylic acids is 1. The normalized spacial score (nSPS) is 9.86. The van der Waals surface area contributed by atoms with E-state index in [-0.39, 0.29) is 5.91 Å². The summed E-state index contributed by atoms with van der Waals surface area (Å²) in [5.41, 5.74) is 3.14. The lowest BCUT2D eigenvalue weighted by Crippen LogP contribution is -2.11. The molecular weight excluding hydrogens is 264 g/mol. The molecule has 3 rings (SSSR count). The van der Waals surface area contributed by atoms with Crippen LogP contribution in [0.5, 0.6) is 0 Å². The number of rotatable bonds is 1. The molecule has 0 aliphatic rings. The van der Waals surface area contributed by atoms with Gasteiger partial charge in [0.25, 0.3) is 0 Å². The van der Waals surface area contributed by atoms with Crippen LogP contribution in [-0.2, 0) is 4.79 Å². The molecule has 0 radical (unpaired) electrons. The first-order valence-electron chi connectivity index (χ1n) is 6.65. The Hall–Kier alpha value is -2.69. The lowest BCUT2D eigenvalue weighted by atomic mass is 10.3. The van der Waals surface area contributed by atoms with Crippen LogP contribution in [0.25, 0.3) is 16.6 Å². The number of hydrogen-bond acceptors (Lipinski definition) is 3. The zero-order valence-corrected chi connectivity index (χ0v) is 12.4. The van der Waals surface area contributed by atoms with Gasteiger partial charge >= 0.3 is 0 Å². The van der Waals surface area contributed by atoms with Crippen molar-refractivity contribution in [3.63, 3.8) is 0 Å².